The van der Waals surface area contributed by atoms with Crippen molar-refractivity contribution >= 4 is 44.0 Å². The van der Waals surface area contributed by atoms with Gasteiger partial charge in [0.05, 0.1) is 27.6 Å². The molecule has 3 saturated carbocycles. The number of nitro groups is 1. The summed E-state index contributed by atoms with van der Waals surface area (Å²) in [7, 11) is -4.64. The lowest BCUT2D eigenvalue weighted by molar-refractivity contribution is -0.384. The SMILES string of the molecule is CC(C)c1ccccc1[C@@H]1CCCN1C1CC2(CCN(c3ccc(C(=O)NS(=O)(=O)c4cc5c(c([N+](=O)[O-])c4)NC(C4CCC(C)(C)CC4)CO5)c(Oc4cnc5[nH]cc(C6CC6)c5c4)c3)CC2)C1. The number of benzene rings is 3. The van der Waals surface area contributed by atoms with Gasteiger partial charge in [0.2, 0.25) is 0 Å². The number of likely N-dealkylation sites (tertiary alicyclic amines) is 1. The van der Waals surface area contributed by atoms with Gasteiger partial charge in [-0.3, -0.25) is 19.8 Å². The maximum absolute atomic E-state index is 14.3. The lowest BCUT2D eigenvalue weighted by Gasteiger charge is -2.56. The molecule has 1 amide bonds. The normalized spacial score (nSPS) is 22.8. The van der Waals surface area contributed by atoms with E-state index in [1.54, 1.807) is 12.3 Å². The Balaban J connectivity index is 0.821. The number of carbonyl (C=O) groups is 1. The van der Waals surface area contributed by atoms with E-state index in [-0.39, 0.29) is 46.7 Å². The quantitative estimate of drug-likeness (QED) is 0.0803. The minimum absolute atomic E-state index is 0.00249. The number of nitrogens with zero attached hydrogens (tertiary/aromatic N) is 4. The van der Waals surface area contributed by atoms with Crippen LogP contribution in [0.15, 0.2) is 78.0 Å². The number of sulfonamides is 1. The molecule has 5 heterocycles. The second-order valence-electron chi connectivity index (χ2n) is 22.2. The van der Waals surface area contributed by atoms with Gasteiger partial charge in [-0.2, -0.15) is 0 Å². The third-order valence-electron chi connectivity index (χ3n) is 16.7. The number of amides is 1. The number of nitrogens with one attached hydrogen (secondary N) is 3. The van der Waals surface area contributed by atoms with Gasteiger partial charge < -0.3 is 24.7 Å². The predicted molar refractivity (Wildman–Crippen MR) is 267 cm³/mol. The zero-order valence-electron chi connectivity index (χ0n) is 40.3. The Hall–Kier alpha value is -5.67. The lowest BCUT2D eigenvalue weighted by Crippen LogP contribution is -2.54. The predicted octanol–water partition coefficient (Wildman–Crippen LogP) is 11.4. The molecule has 3 aromatic carbocycles. The number of fused-ring (bicyclic) bond motifs is 2. The van der Waals surface area contributed by atoms with Crippen molar-refractivity contribution in [1.29, 1.82) is 0 Å². The van der Waals surface area contributed by atoms with Crippen LogP contribution in [0.3, 0.4) is 0 Å². The number of hydrogen-bond acceptors (Lipinski definition) is 11. The van der Waals surface area contributed by atoms with Crippen molar-refractivity contribution < 1.29 is 27.6 Å². The van der Waals surface area contributed by atoms with Crippen molar-refractivity contribution in [3.8, 4) is 17.2 Å². The maximum atomic E-state index is 14.3. The first-order valence-electron chi connectivity index (χ1n) is 25.3. The summed E-state index contributed by atoms with van der Waals surface area (Å²) in [5.41, 5.74) is 6.04. The van der Waals surface area contributed by atoms with E-state index in [0.29, 0.717) is 35.1 Å². The van der Waals surface area contributed by atoms with E-state index in [1.807, 2.05) is 24.4 Å². The lowest BCUT2D eigenvalue weighted by atomic mass is 9.59. The van der Waals surface area contributed by atoms with E-state index >= 15 is 0 Å². The van der Waals surface area contributed by atoms with Gasteiger partial charge >= 0.3 is 0 Å². The van der Waals surface area contributed by atoms with Crippen LogP contribution >= 0.6 is 0 Å². The molecule has 6 aliphatic rings. The smallest absolute Gasteiger partial charge is 0.297 e. The number of piperidine rings is 1. The Morgan fingerprint density at radius 3 is 2.46 bits per heavy atom. The summed E-state index contributed by atoms with van der Waals surface area (Å²) in [5, 5.41) is 16.8. The second kappa shape index (κ2) is 17.6. The Labute approximate surface area is 405 Å². The van der Waals surface area contributed by atoms with Gasteiger partial charge in [0, 0.05) is 60.6 Å². The minimum atomic E-state index is -4.64. The van der Waals surface area contributed by atoms with Crippen LogP contribution in [0, 0.1) is 26.9 Å². The molecule has 0 bridgehead atoms. The standard InChI is InChI=1S/C54H65N7O7S/c1-33(2)40-8-5-6-9-41(40)46-10-7-21-60(46)37-28-54(29-37)19-22-59(23-20-54)36-13-14-42(48(24-36)68-38-25-43-44(34-11-12-34)31-56-51(43)55-30-38)52(62)58-69(65,66)39-26-47(61(63)64)50-49(27-39)67-32-45(57-50)35-15-17-53(3,4)18-16-35/h5-6,8-9,13-14,24-27,30-31,33-35,37,45-46,57H,7,10-12,15-23,28-29,32H2,1-4H3,(H,55,56)(H,58,62)/t45?,46-/m0/s1. The number of aromatic nitrogens is 2. The van der Waals surface area contributed by atoms with Crippen molar-refractivity contribution in [2.45, 2.75) is 140 Å². The van der Waals surface area contributed by atoms with Gasteiger partial charge in [-0.05, 0) is 147 Å². The molecule has 2 saturated heterocycles. The molecule has 364 valence electrons. The fourth-order valence-corrected chi connectivity index (χ4v) is 13.5. The van der Waals surface area contributed by atoms with Gasteiger partial charge in [-0.15, -0.1) is 0 Å². The summed E-state index contributed by atoms with van der Waals surface area (Å²) < 4.78 is 43.0. The Bertz CT molecular complexity index is 2900. The Kier molecular flexibility index (Phi) is 11.7. The highest BCUT2D eigenvalue weighted by Crippen LogP contribution is 2.55. The summed E-state index contributed by atoms with van der Waals surface area (Å²) in [6.07, 6.45) is 16.8. The molecule has 69 heavy (non-hydrogen) atoms. The number of aromatic amines is 1. The molecular weight excluding hydrogens is 891 g/mol. The number of H-pyrrole nitrogens is 1. The highest BCUT2D eigenvalue weighted by Gasteiger charge is 2.50. The van der Waals surface area contributed by atoms with Crippen LogP contribution in [-0.2, 0) is 10.0 Å². The Morgan fingerprint density at radius 2 is 1.72 bits per heavy atom. The summed E-state index contributed by atoms with van der Waals surface area (Å²) in [6.45, 7) is 12.2. The van der Waals surface area contributed by atoms with E-state index in [0.717, 1.165) is 93.8 Å². The first-order valence-corrected chi connectivity index (χ1v) is 26.8. The van der Waals surface area contributed by atoms with Crippen LogP contribution in [0.1, 0.15) is 150 Å². The van der Waals surface area contributed by atoms with Crippen LogP contribution in [0.25, 0.3) is 11.0 Å². The summed E-state index contributed by atoms with van der Waals surface area (Å²) in [6, 6.07) is 19.4. The highest BCUT2D eigenvalue weighted by atomic mass is 32.2. The monoisotopic (exact) mass is 955 g/mol. The molecule has 3 aliphatic carbocycles. The van der Waals surface area contributed by atoms with Crippen LogP contribution in [0.4, 0.5) is 17.1 Å². The second-order valence-corrected chi connectivity index (χ2v) is 23.8. The Morgan fingerprint density at radius 1 is 0.957 bits per heavy atom. The topological polar surface area (TPSA) is 172 Å². The van der Waals surface area contributed by atoms with Crippen molar-refractivity contribution in [3.05, 3.63) is 105 Å². The highest BCUT2D eigenvalue weighted by molar-refractivity contribution is 7.90. The molecule has 5 fully saturated rings. The molecule has 0 radical (unpaired) electrons. The fourth-order valence-electron chi connectivity index (χ4n) is 12.5. The molecule has 11 rings (SSSR count). The van der Waals surface area contributed by atoms with Crippen LogP contribution in [-0.4, -0.2) is 72.4 Å². The van der Waals surface area contributed by atoms with Crippen LogP contribution < -0.4 is 24.4 Å². The molecule has 3 N–H and O–H groups in total. The zero-order valence-corrected chi connectivity index (χ0v) is 41.1. The van der Waals surface area contributed by atoms with E-state index in [1.165, 1.54) is 48.4 Å². The van der Waals surface area contributed by atoms with Crippen LogP contribution in [0.2, 0.25) is 0 Å². The van der Waals surface area contributed by atoms with Gasteiger partial charge in [-0.1, -0.05) is 52.0 Å². The van der Waals surface area contributed by atoms with E-state index in [2.05, 4.69) is 81.8 Å². The van der Waals surface area contributed by atoms with Gasteiger partial charge in [0.15, 0.2) is 11.4 Å². The number of hydrogen-bond donors (Lipinski definition) is 3. The van der Waals surface area contributed by atoms with Gasteiger partial charge in [-0.25, -0.2) is 18.1 Å². The van der Waals surface area contributed by atoms with Crippen LogP contribution in [0.5, 0.6) is 17.2 Å². The third-order valence-corrected chi connectivity index (χ3v) is 18.1. The molecule has 15 heteroatoms. The largest absolute Gasteiger partial charge is 0.489 e. The summed E-state index contributed by atoms with van der Waals surface area (Å²) >= 11 is 0. The number of nitro benzene ring substituents is 1. The molecule has 1 spiro atoms. The average molecular weight is 956 g/mol. The van der Waals surface area contributed by atoms with Crippen molar-refractivity contribution in [2.75, 3.05) is 36.5 Å². The third kappa shape index (κ3) is 8.94. The van der Waals surface area contributed by atoms with E-state index < -0.39 is 31.4 Å². The first-order chi connectivity index (χ1) is 33.1. The number of rotatable bonds is 12. The molecule has 2 atom stereocenters. The molecular formula is C54H65N7O7S. The molecule has 5 aromatic rings. The van der Waals surface area contributed by atoms with Crippen molar-refractivity contribution in [2.24, 2.45) is 16.7 Å². The number of pyridine rings is 1. The fraction of sp³-hybridized carbons (Fsp3) is 0.519. The van der Waals surface area contributed by atoms with E-state index in [4.69, 9.17) is 9.47 Å². The van der Waals surface area contributed by atoms with Gasteiger partial charge in [0.1, 0.15) is 23.8 Å². The average Bonchev–Trinajstić information content (AvgIpc) is 3.89. The van der Waals surface area contributed by atoms with Gasteiger partial charge in [0.25, 0.3) is 21.6 Å². The molecule has 1 unspecified atom stereocenters. The maximum Gasteiger partial charge on any atom is 0.297 e. The number of carbonyl (C=O) groups excluding carboxylic acids is 1. The summed E-state index contributed by atoms with van der Waals surface area (Å²) in [4.78, 5) is 38.7. The zero-order chi connectivity index (χ0) is 47.8. The summed E-state index contributed by atoms with van der Waals surface area (Å²) in [5.74, 6) is 0.948. The minimum Gasteiger partial charge on any atom is -0.489 e. The van der Waals surface area contributed by atoms with E-state index in [9.17, 15) is 23.3 Å². The number of ether oxygens (including phenoxy) is 2. The molecule has 2 aromatic heterocycles. The number of anilines is 2. The first kappa shape index (κ1) is 45.8. The van der Waals surface area contributed by atoms with Crippen molar-refractivity contribution in [1.82, 2.24) is 19.6 Å². The molecule has 3 aliphatic heterocycles. The van der Waals surface area contributed by atoms with Crippen molar-refractivity contribution in [3.63, 3.8) is 0 Å². The molecule has 14 nitrogen and oxygen atoms in total.